The van der Waals surface area contributed by atoms with Crippen LogP contribution < -0.4 is 20.2 Å². The summed E-state index contributed by atoms with van der Waals surface area (Å²) in [4.78, 5) is 13.9. The number of aliphatic hydroxyl groups is 2. The molecular weight excluding hydrogens is 478 g/mol. The van der Waals surface area contributed by atoms with Gasteiger partial charge in [0.25, 0.3) is 0 Å². The molecule has 0 amide bonds. The summed E-state index contributed by atoms with van der Waals surface area (Å²) in [5, 5.41) is 37.0. The topological polar surface area (TPSA) is 127 Å². The van der Waals surface area contributed by atoms with Crippen LogP contribution in [0.4, 0.5) is 0 Å². The van der Waals surface area contributed by atoms with Crippen molar-refractivity contribution in [1.29, 1.82) is 0 Å². The summed E-state index contributed by atoms with van der Waals surface area (Å²) < 4.78 is 5.91. The first kappa shape index (κ1) is 25.9. The van der Waals surface area contributed by atoms with Crippen molar-refractivity contribution in [2.75, 3.05) is 20.2 Å². The zero-order valence-electron chi connectivity index (χ0n) is 20.1. The van der Waals surface area contributed by atoms with E-state index in [1.54, 1.807) is 13.2 Å². The van der Waals surface area contributed by atoms with E-state index in [-0.39, 0.29) is 17.0 Å². The van der Waals surface area contributed by atoms with Crippen molar-refractivity contribution >= 4 is 21.6 Å². The van der Waals surface area contributed by atoms with Crippen LogP contribution in [0.3, 0.4) is 0 Å². The van der Waals surface area contributed by atoms with Crippen LogP contribution in [-0.4, -0.2) is 46.4 Å². The molecule has 0 radical (unpaired) electrons. The van der Waals surface area contributed by atoms with Gasteiger partial charge >= 0.3 is 4.87 Å². The molecule has 0 bridgehead atoms. The van der Waals surface area contributed by atoms with Gasteiger partial charge in [0.15, 0.2) is 0 Å². The van der Waals surface area contributed by atoms with Crippen molar-refractivity contribution in [3.05, 3.63) is 92.6 Å². The Morgan fingerprint density at radius 1 is 0.944 bits per heavy atom. The molecule has 0 saturated heterocycles. The van der Waals surface area contributed by atoms with E-state index in [0.717, 1.165) is 42.2 Å². The summed E-state index contributed by atoms with van der Waals surface area (Å²) in [6.07, 6.45) is 1.38. The van der Waals surface area contributed by atoms with Gasteiger partial charge in [-0.15, -0.1) is 0 Å². The van der Waals surface area contributed by atoms with Gasteiger partial charge < -0.3 is 30.4 Å². The Morgan fingerprint density at radius 3 is 2.47 bits per heavy atom. The summed E-state index contributed by atoms with van der Waals surface area (Å²) in [5.74, 6) is -1.29. The monoisotopic (exact) mass is 509 g/mol. The number of benzene rings is 3. The standard InChI is InChI=1S/C27H31N3O5S/c1-35-23-5-3-2-4-20(23)13-14-28-17-19-8-6-18(7-9-19)12-15-29-27(33,34)16-21-10-11-22(31)24-25(21)36-26(32)30-24/h2-11,28-29,31,33-34H,12-17H2,1H3,(H,30,32). The van der Waals surface area contributed by atoms with Gasteiger partial charge in [0.05, 0.1) is 11.8 Å². The van der Waals surface area contributed by atoms with E-state index in [1.165, 1.54) is 17.2 Å². The molecule has 6 N–H and O–H groups in total. The Labute approximate surface area is 213 Å². The maximum atomic E-state index is 11.7. The lowest BCUT2D eigenvalue weighted by Gasteiger charge is -2.23. The lowest BCUT2D eigenvalue weighted by Crippen LogP contribution is -2.47. The average Bonchev–Trinajstić information content (AvgIpc) is 3.27. The van der Waals surface area contributed by atoms with Crippen molar-refractivity contribution in [1.82, 2.24) is 15.6 Å². The Bertz CT molecular complexity index is 1350. The number of methoxy groups -OCH3 is 1. The van der Waals surface area contributed by atoms with Crippen LogP contribution in [0.25, 0.3) is 10.2 Å². The summed E-state index contributed by atoms with van der Waals surface area (Å²) in [7, 11) is 1.69. The molecule has 0 aliphatic rings. The number of hydrogen-bond donors (Lipinski definition) is 6. The summed E-state index contributed by atoms with van der Waals surface area (Å²) in [6.45, 7) is 1.96. The number of ether oxygens (including phenoxy) is 1. The molecule has 1 heterocycles. The Morgan fingerprint density at radius 2 is 1.69 bits per heavy atom. The number of phenolic OH excluding ortho intramolecular Hbond substituents is 1. The molecular formula is C27H31N3O5S. The van der Waals surface area contributed by atoms with Gasteiger partial charge in [-0.1, -0.05) is 59.9 Å². The minimum atomic E-state index is -2.15. The van der Waals surface area contributed by atoms with Crippen LogP contribution in [-0.2, 0) is 25.8 Å². The minimum absolute atomic E-state index is 0.0448. The number of rotatable bonds is 12. The molecule has 4 aromatic rings. The highest BCUT2D eigenvalue weighted by atomic mass is 32.1. The van der Waals surface area contributed by atoms with E-state index in [0.29, 0.717) is 28.7 Å². The second kappa shape index (κ2) is 11.7. The van der Waals surface area contributed by atoms with Gasteiger partial charge in [-0.3, -0.25) is 10.1 Å². The lowest BCUT2D eigenvalue weighted by atomic mass is 10.1. The second-order valence-corrected chi connectivity index (χ2v) is 9.67. The maximum absolute atomic E-state index is 11.7. The van der Waals surface area contributed by atoms with Crippen molar-refractivity contribution in [2.24, 2.45) is 0 Å². The fourth-order valence-corrected chi connectivity index (χ4v) is 5.00. The lowest BCUT2D eigenvalue weighted by molar-refractivity contribution is -0.183. The Hall–Kier alpha value is -3.21. The average molecular weight is 510 g/mol. The molecule has 9 heteroatoms. The third-order valence-corrected chi connectivity index (χ3v) is 6.97. The molecule has 190 valence electrons. The maximum Gasteiger partial charge on any atom is 0.305 e. The van der Waals surface area contributed by atoms with Crippen LogP contribution in [0.5, 0.6) is 11.5 Å². The first-order chi connectivity index (χ1) is 17.3. The van der Waals surface area contributed by atoms with Crippen molar-refractivity contribution in [3.8, 4) is 11.5 Å². The quantitative estimate of drug-likeness (QED) is 0.128. The van der Waals surface area contributed by atoms with Crippen LogP contribution in [0.15, 0.2) is 65.5 Å². The second-order valence-electron chi connectivity index (χ2n) is 8.69. The number of aromatic nitrogens is 1. The van der Waals surface area contributed by atoms with Crippen LogP contribution in [0, 0.1) is 0 Å². The molecule has 3 aromatic carbocycles. The molecule has 0 spiro atoms. The molecule has 8 nitrogen and oxygen atoms in total. The molecule has 1 aromatic heterocycles. The smallest absolute Gasteiger partial charge is 0.305 e. The number of para-hydroxylation sites is 1. The van der Waals surface area contributed by atoms with Crippen molar-refractivity contribution in [3.63, 3.8) is 0 Å². The molecule has 0 saturated carbocycles. The minimum Gasteiger partial charge on any atom is -0.506 e. The molecule has 0 atom stereocenters. The predicted octanol–water partition coefficient (Wildman–Crippen LogP) is 2.65. The van der Waals surface area contributed by atoms with E-state index >= 15 is 0 Å². The summed E-state index contributed by atoms with van der Waals surface area (Å²) in [5.41, 5.74) is 4.30. The summed E-state index contributed by atoms with van der Waals surface area (Å²) >= 11 is 0.931. The predicted molar refractivity (Wildman–Crippen MR) is 142 cm³/mol. The highest BCUT2D eigenvalue weighted by Crippen LogP contribution is 2.29. The number of aromatic hydroxyl groups is 1. The normalized spacial score (nSPS) is 11.8. The first-order valence-corrected chi connectivity index (χ1v) is 12.6. The van der Waals surface area contributed by atoms with Crippen LogP contribution >= 0.6 is 11.3 Å². The number of thiazole rings is 1. The zero-order valence-corrected chi connectivity index (χ0v) is 20.9. The van der Waals surface area contributed by atoms with Gasteiger partial charge in [-0.05, 0) is 53.8 Å². The third-order valence-electron chi connectivity index (χ3n) is 6.01. The highest BCUT2D eigenvalue weighted by Gasteiger charge is 2.25. The van der Waals surface area contributed by atoms with Crippen LogP contribution in [0.2, 0.25) is 0 Å². The van der Waals surface area contributed by atoms with Gasteiger partial charge in [0, 0.05) is 19.5 Å². The first-order valence-electron chi connectivity index (χ1n) is 11.8. The van der Waals surface area contributed by atoms with Gasteiger partial charge in [0.2, 0.25) is 5.91 Å². The highest BCUT2D eigenvalue weighted by molar-refractivity contribution is 7.16. The van der Waals surface area contributed by atoms with Gasteiger partial charge in [-0.25, -0.2) is 0 Å². The molecule has 0 aliphatic heterocycles. The van der Waals surface area contributed by atoms with E-state index < -0.39 is 5.91 Å². The number of H-pyrrole nitrogens is 1. The SMILES string of the molecule is COc1ccccc1CCNCc1ccc(CCNC(O)(O)Cc2ccc(O)c3[nH]c(=O)sc23)cc1. The fraction of sp³-hybridized carbons (Fsp3) is 0.296. The molecule has 4 rings (SSSR count). The van der Waals surface area contributed by atoms with Crippen molar-refractivity contribution < 1.29 is 20.1 Å². The zero-order chi connectivity index (χ0) is 25.5. The number of aromatic amines is 1. The molecule has 0 aliphatic carbocycles. The Balaban J connectivity index is 1.22. The van der Waals surface area contributed by atoms with E-state index in [2.05, 4.69) is 33.8 Å². The van der Waals surface area contributed by atoms with E-state index in [4.69, 9.17) is 4.74 Å². The number of hydrogen-bond acceptors (Lipinski definition) is 8. The van der Waals surface area contributed by atoms with Crippen molar-refractivity contribution in [2.45, 2.75) is 31.7 Å². The number of phenols is 1. The molecule has 36 heavy (non-hydrogen) atoms. The number of nitrogens with one attached hydrogen (secondary N) is 3. The summed E-state index contributed by atoms with van der Waals surface area (Å²) in [6, 6.07) is 19.3. The Kier molecular flexibility index (Phi) is 8.40. The molecule has 0 unspecified atom stereocenters. The number of fused-ring (bicyclic) bond motifs is 1. The van der Waals surface area contributed by atoms with Crippen LogP contribution in [0.1, 0.15) is 22.3 Å². The van der Waals surface area contributed by atoms with Gasteiger partial charge in [0.1, 0.15) is 17.0 Å². The largest absolute Gasteiger partial charge is 0.506 e. The fourth-order valence-electron chi connectivity index (χ4n) is 4.14. The van der Waals surface area contributed by atoms with E-state index in [9.17, 15) is 20.1 Å². The third kappa shape index (κ3) is 6.71. The van der Waals surface area contributed by atoms with E-state index in [1.807, 2.05) is 30.3 Å². The van der Waals surface area contributed by atoms with Gasteiger partial charge in [-0.2, -0.15) is 0 Å². The molecule has 0 fully saturated rings.